The van der Waals surface area contributed by atoms with Gasteiger partial charge in [0.1, 0.15) is 0 Å². The van der Waals surface area contributed by atoms with Crippen LogP contribution in [0.4, 0.5) is 0 Å². The van der Waals surface area contributed by atoms with Gasteiger partial charge in [0.05, 0.1) is 6.54 Å². The summed E-state index contributed by atoms with van der Waals surface area (Å²) < 4.78 is 0. The SMILES string of the molecule is CCNC(=NCc1ccc(CN(C)C)cc1)NCCCN1CCC(C)CC1. The standard InChI is InChI=1S/C22H39N5/c1-5-23-22(24-13-6-14-27-15-11-19(2)12-16-27)25-17-20-7-9-21(10-8-20)18-26(3)4/h7-10,19H,5-6,11-18H2,1-4H3,(H2,23,24,25). The van der Waals surface area contributed by atoms with Gasteiger partial charge < -0.3 is 20.4 Å². The molecule has 5 heteroatoms. The quantitative estimate of drug-likeness (QED) is 0.397. The smallest absolute Gasteiger partial charge is 0.191 e. The lowest BCUT2D eigenvalue weighted by Gasteiger charge is -2.30. The number of rotatable bonds is 9. The van der Waals surface area contributed by atoms with Crippen molar-refractivity contribution < 1.29 is 0 Å². The fraction of sp³-hybridized carbons (Fsp3) is 0.682. The summed E-state index contributed by atoms with van der Waals surface area (Å²) in [6.07, 6.45) is 3.87. The normalized spacial score (nSPS) is 16.7. The number of benzene rings is 1. The first kappa shape index (κ1) is 21.7. The zero-order chi connectivity index (χ0) is 19.5. The van der Waals surface area contributed by atoms with Crippen LogP contribution in [-0.4, -0.2) is 62.6 Å². The number of guanidine groups is 1. The first-order valence-corrected chi connectivity index (χ1v) is 10.5. The molecule has 27 heavy (non-hydrogen) atoms. The van der Waals surface area contributed by atoms with Gasteiger partial charge in [-0.25, -0.2) is 4.99 Å². The van der Waals surface area contributed by atoms with Crippen LogP contribution < -0.4 is 10.6 Å². The van der Waals surface area contributed by atoms with E-state index in [1.165, 1.54) is 43.6 Å². The maximum atomic E-state index is 4.74. The van der Waals surface area contributed by atoms with E-state index in [1.807, 2.05) is 0 Å². The average molecular weight is 374 g/mol. The van der Waals surface area contributed by atoms with Gasteiger partial charge in [-0.15, -0.1) is 0 Å². The second-order valence-corrected chi connectivity index (χ2v) is 8.05. The van der Waals surface area contributed by atoms with Gasteiger partial charge in [0.15, 0.2) is 5.96 Å². The van der Waals surface area contributed by atoms with Gasteiger partial charge in [-0.1, -0.05) is 31.2 Å². The Bertz CT molecular complexity index is 544. The van der Waals surface area contributed by atoms with E-state index in [4.69, 9.17) is 4.99 Å². The Morgan fingerprint density at radius 1 is 1.11 bits per heavy atom. The summed E-state index contributed by atoms with van der Waals surface area (Å²) in [6.45, 7) is 11.7. The summed E-state index contributed by atoms with van der Waals surface area (Å²) in [4.78, 5) is 9.52. The van der Waals surface area contributed by atoms with Crippen molar-refractivity contribution in [2.45, 2.75) is 46.2 Å². The first-order chi connectivity index (χ1) is 13.1. The molecule has 1 aliphatic heterocycles. The summed E-state index contributed by atoms with van der Waals surface area (Å²) in [5.41, 5.74) is 2.59. The van der Waals surface area contributed by atoms with Crippen LogP contribution in [0.25, 0.3) is 0 Å². The minimum absolute atomic E-state index is 0.710. The Balaban J connectivity index is 1.73. The molecule has 2 N–H and O–H groups in total. The maximum Gasteiger partial charge on any atom is 0.191 e. The third-order valence-corrected chi connectivity index (χ3v) is 5.11. The number of nitrogens with one attached hydrogen (secondary N) is 2. The molecular weight excluding hydrogens is 334 g/mol. The van der Waals surface area contributed by atoms with Crippen molar-refractivity contribution in [2.75, 3.05) is 46.8 Å². The Morgan fingerprint density at radius 3 is 2.41 bits per heavy atom. The average Bonchev–Trinajstić information content (AvgIpc) is 2.65. The van der Waals surface area contributed by atoms with Crippen LogP contribution in [0.5, 0.6) is 0 Å². The van der Waals surface area contributed by atoms with Gasteiger partial charge in [-0.2, -0.15) is 0 Å². The number of hydrogen-bond donors (Lipinski definition) is 2. The lowest BCUT2D eigenvalue weighted by molar-refractivity contribution is 0.191. The summed E-state index contributed by atoms with van der Waals surface area (Å²) in [7, 11) is 4.19. The van der Waals surface area contributed by atoms with Crippen LogP contribution >= 0.6 is 0 Å². The molecule has 0 aromatic heterocycles. The minimum Gasteiger partial charge on any atom is -0.357 e. The first-order valence-electron chi connectivity index (χ1n) is 10.5. The monoisotopic (exact) mass is 373 g/mol. The van der Waals surface area contributed by atoms with E-state index < -0.39 is 0 Å². The highest BCUT2D eigenvalue weighted by atomic mass is 15.2. The topological polar surface area (TPSA) is 42.9 Å². The molecular formula is C22H39N5. The minimum atomic E-state index is 0.710. The molecule has 0 saturated carbocycles. The zero-order valence-corrected chi connectivity index (χ0v) is 17.8. The lowest BCUT2D eigenvalue weighted by atomic mass is 9.99. The summed E-state index contributed by atoms with van der Waals surface area (Å²) in [5.74, 6) is 1.82. The van der Waals surface area contributed by atoms with Gasteiger partial charge in [-0.3, -0.25) is 0 Å². The number of aliphatic imine (C=N–C) groups is 1. The van der Waals surface area contributed by atoms with E-state index in [2.05, 4.69) is 72.6 Å². The molecule has 0 atom stereocenters. The molecule has 1 fully saturated rings. The van der Waals surface area contributed by atoms with Crippen molar-refractivity contribution in [2.24, 2.45) is 10.9 Å². The van der Waals surface area contributed by atoms with Crippen molar-refractivity contribution >= 4 is 5.96 Å². The van der Waals surface area contributed by atoms with Gasteiger partial charge >= 0.3 is 0 Å². The highest BCUT2D eigenvalue weighted by Crippen LogP contribution is 2.15. The molecule has 152 valence electrons. The number of nitrogens with zero attached hydrogens (tertiary/aromatic N) is 3. The molecule has 0 aliphatic carbocycles. The number of likely N-dealkylation sites (tertiary alicyclic amines) is 1. The van der Waals surface area contributed by atoms with Crippen molar-refractivity contribution in [3.05, 3.63) is 35.4 Å². The Kier molecular flexibility index (Phi) is 9.64. The van der Waals surface area contributed by atoms with Crippen molar-refractivity contribution in [1.82, 2.24) is 20.4 Å². The van der Waals surface area contributed by atoms with Crippen LogP contribution in [0.15, 0.2) is 29.3 Å². The molecule has 0 radical (unpaired) electrons. The summed E-state index contributed by atoms with van der Waals surface area (Å²) in [5, 5.41) is 6.84. The van der Waals surface area contributed by atoms with Crippen LogP contribution in [0, 0.1) is 5.92 Å². The molecule has 1 aliphatic rings. The molecule has 1 aromatic carbocycles. The van der Waals surface area contributed by atoms with Crippen LogP contribution in [0.1, 0.15) is 44.2 Å². The van der Waals surface area contributed by atoms with E-state index in [9.17, 15) is 0 Å². The predicted molar refractivity (Wildman–Crippen MR) is 116 cm³/mol. The van der Waals surface area contributed by atoms with Crippen molar-refractivity contribution in [3.63, 3.8) is 0 Å². The molecule has 0 spiro atoms. The second kappa shape index (κ2) is 12.0. The van der Waals surface area contributed by atoms with E-state index in [0.717, 1.165) is 37.9 Å². The molecule has 2 rings (SSSR count). The third-order valence-electron chi connectivity index (χ3n) is 5.11. The van der Waals surface area contributed by atoms with Gasteiger partial charge in [-0.05, 0) is 77.0 Å². The number of piperidine rings is 1. The highest BCUT2D eigenvalue weighted by Gasteiger charge is 2.14. The molecule has 1 aromatic rings. The van der Waals surface area contributed by atoms with Gasteiger partial charge in [0, 0.05) is 19.6 Å². The molecule has 5 nitrogen and oxygen atoms in total. The van der Waals surface area contributed by atoms with Gasteiger partial charge in [0.25, 0.3) is 0 Å². The van der Waals surface area contributed by atoms with Crippen molar-refractivity contribution in [1.29, 1.82) is 0 Å². The Morgan fingerprint density at radius 2 is 1.78 bits per heavy atom. The van der Waals surface area contributed by atoms with Crippen molar-refractivity contribution in [3.8, 4) is 0 Å². The second-order valence-electron chi connectivity index (χ2n) is 8.05. The summed E-state index contributed by atoms with van der Waals surface area (Å²) in [6, 6.07) is 8.77. The Labute approximate surface area is 166 Å². The van der Waals surface area contributed by atoms with Crippen LogP contribution in [-0.2, 0) is 13.1 Å². The third kappa shape index (κ3) is 8.76. The largest absolute Gasteiger partial charge is 0.357 e. The van der Waals surface area contributed by atoms with E-state index in [-0.39, 0.29) is 0 Å². The highest BCUT2D eigenvalue weighted by molar-refractivity contribution is 5.79. The van der Waals surface area contributed by atoms with E-state index >= 15 is 0 Å². The molecule has 0 amide bonds. The fourth-order valence-corrected chi connectivity index (χ4v) is 3.42. The fourth-order valence-electron chi connectivity index (χ4n) is 3.42. The molecule has 1 heterocycles. The van der Waals surface area contributed by atoms with Gasteiger partial charge in [0.2, 0.25) is 0 Å². The number of hydrogen-bond acceptors (Lipinski definition) is 3. The van der Waals surface area contributed by atoms with Crippen LogP contribution in [0.2, 0.25) is 0 Å². The predicted octanol–water partition coefficient (Wildman–Crippen LogP) is 2.93. The molecule has 1 saturated heterocycles. The summed E-state index contributed by atoms with van der Waals surface area (Å²) >= 11 is 0. The van der Waals surface area contributed by atoms with Crippen LogP contribution in [0.3, 0.4) is 0 Å². The molecule has 0 unspecified atom stereocenters. The maximum absolute atomic E-state index is 4.74. The lowest BCUT2D eigenvalue weighted by Crippen LogP contribution is -2.39. The van der Waals surface area contributed by atoms with E-state index in [0.29, 0.717) is 6.54 Å². The zero-order valence-electron chi connectivity index (χ0n) is 17.8. The Hall–Kier alpha value is -1.59. The molecule has 0 bridgehead atoms. The van der Waals surface area contributed by atoms with E-state index in [1.54, 1.807) is 0 Å².